The molecule has 1 aromatic carbocycles. The van der Waals surface area contributed by atoms with E-state index in [-0.39, 0.29) is 0 Å². The molecule has 0 aliphatic carbocycles. The lowest BCUT2D eigenvalue weighted by Crippen LogP contribution is -2.30. The third-order valence-corrected chi connectivity index (χ3v) is 4.78. The van der Waals surface area contributed by atoms with Gasteiger partial charge in [-0.3, -0.25) is 0 Å². The Kier molecular flexibility index (Phi) is 6.75. The van der Waals surface area contributed by atoms with Gasteiger partial charge in [0.1, 0.15) is 0 Å². The van der Waals surface area contributed by atoms with Crippen molar-refractivity contribution in [1.29, 1.82) is 0 Å². The number of hydrogen-bond donors (Lipinski definition) is 1. The lowest BCUT2D eigenvalue weighted by atomic mass is 9.94. The molecule has 0 aliphatic rings. The molecule has 0 spiro atoms. The fourth-order valence-electron chi connectivity index (χ4n) is 2.48. The monoisotopic (exact) mass is 321 g/mol. The van der Waals surface area contributed by atoms with E-state index in [4.69, 9.17) is 11.6 Å². The zero-order valence-corrected chi connectivity index (χ0v) is 14.4. The van der Waals surface area contributed by atoms with Crippen LogP contribution in [0.3, 0.4) is 0 Å². The van der Waals surface area contributed by atoms with Crippen LogP contribution < -0.4 is 5.32 Å². The van der Waals surface area contributed by atoms with E-state index in [1.807, 2.05) is 23.5 Å². The van der Waals surface area contributed by atoms with Crippen LogP contribution in [0.5, 0.6) is 0 Å². The first-order valence-corrected chi connectivity index (χ1v) is 8.89. The van der Waals surface area contributed by atoms with E-state index in [9.17, 15) is 0 Å². The average Bonchev–Trinajstić information content (AvgIpc) is 2.95. The van der Waals surface area contributed by atoms with E-state index in [1.54, 1.807) is 0 Å². The Balaban J connectivity index is 1.93. The Morgan fingerprint density at radius 1 is 1.19 bits per heavy atom. The second-order valence-electron chi connectivity index (χ2n) is 5.88. The third-order valence-electron chi connectivity index (χ3n) is 3.61. The zero-order chi connectivity index (χ0) is 15.1. The minimum absolute atomic E-state index is 0.536. The van der Waals surface area contributed by atoms with E-state index < -0.39 is 0 Å². The maximum Gasteiger partial charge on any atom is 0.0408 e. The van der Waals surface area contributed by atoms with E-state index in [1.165, 1.54) is 23.3 Å². The highest BCUT2D eigenvalue weighted by atomic mass is 35.5. The molecule has 1 heterocycles. The average molecular weight is 322 g/mol. The summed E-state index contributed by atoms with van der Waals surface area (Å²) in [5.74, 6) is 0.646. The number of rotatable bonds is 8. The van der Waals surface area contributed by atoms with Crippen LogP contribution >= 0.6 is 22.9 Å². The Morgan fingerprint density at radius 2 is 2.05 bits per heavy atom. The topological polar surface area (TPSA) is 12.0 Å². The molecule has 2 rings (SSSR count). The minimum Gasteiger partial charge on any atom is -0.314 e. The van der Waals surface area contributed by atoms with Gasteiger partial charge in [-0.15, -0.1) is 11.3 Å². The van der Waals surface area contributed by atoms with E-state index >= 15 is 0 Å². The van der Waals surface area contributed by atoms with Gasteiger partial charge < -0.3 is 5.32 Å². The van der Waals surface area contributed by atoms with Gasteiger partial charge in [-0.05, 0) is 60.9 Å². The molecule has 0 saturated heterocycles. The second-order valence-corrected chi connectivity index (χ2v) is 7.35. The quantitative estimate of drug-likeness (QED) is 0.705. The zero-order valence-electron chi connectivity index (χ0n) is 12.8. The van der Waals surface area contributed by atoms with Crippen molar-refractivity contribution in [1.82, 2.24) is 5.32 Å². The molecule has 0 saturated carbocycles. The first kappa shape index (κ1) is 16.5. The second kappa shape index (κ2) is 8.57. The molecule has 0 amide bonds. The maximum absolute atomic E-state index is 6.10. The van der Waals surface area contributed by atoms with Gasteiger partial charge in [-0.2, -0.15) is 0 Å². The van der Waals surface area contributed by atoms with Crippen LogP contribution in [0.25, 0.3) is 0 Å². The van der Waals surface area contributed by atoms with Gasteiger partial charge >= 0.3 is 0 Å². The van der Waals surface area contributed by atoms with E-state index in [0.29, 0.717) is 12.0 Å². The van der Waals surface area contributed by atoms with Gasteiger partial charge in [0, 0.05) is 15.9 Å². The van der Waals surface area contributed by atoms with Crippen molar-refractivity contribution < 1.29 is 0 Å². The van der Waals surface area contributed by atoms with Gasteiger partial charge in [0.15, 0.2) is 0 Å². The van der Waals surface area contributed by atoms with Gasteiger partial charge in [0.05, 0.1) is 0 Å². The van der Waals surface area contributed by atoms with Crippen LogP contribution in [-0.4, -0.2) is 12.6 Å². The summed E-state index contributed by atoms with van der Waals surface area (Å²) in [6, 6.07) is 13.2. The van der Waals surface area contributed by atoms with Gasteiger partial charge in [-0.1, -0.05) is 43.6 Å². The molecule has 1 N–H and O–H groups in total. The molecular formula is C18H24ClNS. The largest absolute Gasteiger partial charge is 0.314 e. The predicted octanol–water partition coefficient (Wildman–Crippen LogP) is 5.19. The molecule has 3 heteroatoms. The molecule has 1 nitrogen and oxygen atoms in total. The molecule has 114 valence electrons. The standard InChI is InChI=1S/C18H24ClNS/c1-14(2)20-13-16(8-9-18-7-4-10-21-18)11-15-5-3-6-17(19)12-15/h3-7,10,12,14,16,20H,8-9,11,13H2,1-2H3. The van der Waals surface area contributed by atoms with Crippen LogP contribution in [0.2, 0.25) is 5.02 Å². The highest BCUT2D eigenvalue weighted by molar-refractivity contribution is 7.09. The Morgan fingerprint density at radius 3 is 2.71 bits per heavy atom. The molecule has 0 aliphatic heterocycles. The Hall–Kier alpha value is -0.830. The van der Waals surface area contributed by atoms with Crippen molar-refractivity contribution in [2.24, 2.45) is 5.92 Å². The lowest BCUT2D eigenvalue weighted by molar-refractivity contribution is 0.423. The first-order chi connectivity index (χ1) is 10.1. The van der Waals surface area contributed by atoms with E-state index in [0.717, 1.165) is 18.0 Å². The third kappa shape index (κ3) is 6.21. The summed E-state index contributed by atoms with van der Waals surface area (Å²) in [5, 5.41) is 6.58. The summed E-state index contributed by atoms with van der Waals surface area (Å²) in [7, 11) is 0. The summed E-state index contributed by atoms with van der Waals surface area (Å²) in [4.78, 5) is 1.48. The summed E-state index contributed by atoms with van der Waals surface area (Å²) < 4.78 is 0. The molecule has 1 unspecified atom stereocenters. The van der Waals surface area contributed by atoms with Crippen LogP contribution in [-0.2, 0) is 12.8 Å². The van der Waals surface area contributed by atoms with Crippen LogP contribution in [0.4, 0.5) is 0 Å². The number of benzene rings is 1. The van der Waals surface area contributed by atoms with Gasteiger partial charge in [-0.25, -0.2) is 0 Å². The van der Waals surface area contributed by atoms with Crippen molar-refractivity contribution in [3.05, 3.63) is 57.2 Å². The van der Waals surface area contributed by atoms with E-state index in [2.05, 4.69) is 48.8 Å². The first-order valence-electron chi connectivity index (χ1n) is 7.63. The summed E-state index contributed by atoms with van der Waals surface area (Å²) >= 11 is 7.96. The molecule has 0 bridgehead atoms. The highest BCUT2D eigenvalue weighted by Crippen LogP contribution is 2.20. The minimum atomic E-state index is 0.536. The van der Waals surface area contributed by atoms with Crippen molar-refractivity contribution in [2.45, 2.75) is 39.2 Å². The van der Waals surface area contributed by atoms with Crippen LogP contribution in [0.1, 0.15) is 30.7 Å². The van der Waals surface area contributed by atoms with Gasteiger partial charge in [0.2, 0.25) is 0 Å². The smallest absolute Gasteiger partial charge is 0.0408 e. The molecule has 1 atom stereocenters. The SMILES string of the molecule is CC(C)NCC(CCc1cccs1)Cc1cccc(Cl)c1. The molecule has 21 heavy (non-hydrogen) atoms. The molecule has 0 fully saturated rings. The summed E-state index contributed by atoms with van der Waals surface area (Å²) in [5.41, 5.74) is 1.34. The van der Waals surface area contributed by atoms with Crippen LogP contribution in [0.15, 0.2) is 41.8 Å². The molecule has 1 aromatic heterocycles. The normalized spacial score (nSPS) is 12.8. The number of nitrogens with one attached hydrogen (secondary N) is 1. The van der Waals surface area contributed by atoms with Crippen molar-refractivity contribution in [3.63, 3.8) is 0 Å². The Bertz CT molecular complexity index is 522. The molecule has 0 radical (unpaired) electrons. The van der Waals surface area contributed by atoms with Crippen molar-refractivity contribution in [3.8, 4) is 0 Å². The fraction of sp³-hybridized carbons (Fsp3) is 0.444. The van der Waals surface area contributed by atoms with Gasteiger partial charge in [0.25, 0.3) is 0 Å². The van der Waals surface area contributed by atoms with Crippen molar-refractivity contribution >= 4 is 22.9 Å². The highest BCUT2D eigenvalue weighted by Gasteiger charge is 2.11. The number of aryl methyl sites for hydroxylation is 1. The van der Waals surface area contributed by atoms with Crippen LogP contribution in [0, 0.1) is 5.92 Å². The molecule has 2 aromatic rings. The summed E-state index contributed by atoms with van der Waals surface area (Å²) in [6.45, 7) is 5.47. The summed E-state index contributed by atoms with van der Waals surface area (Å²) in [6.07, 6.45) is 3.47. The number of thiophene rings is 1. The molecular weight excluding hydrogens is 298 g/mol. The predicted molar refractivity (Wildman–Crippen MR) is 94.4 cm³/mol. The fourth-order valence-corrected chi connectivity index (χ4v) is 3.41. The Labute approximate surface area is 137 Å². The lowest BCUT2D eigenvalue weighted by Gasteiger charge is -2.19. The van der Waals surface area contributed by atoms with Crippen molar-refractivity contribution in [2.75, 3.05) is 6.54 Å². The number of halogens is 1. The maximum atomic E-state index is 6.10. The number of hydrogen-bond acceptors (Lipinski definition) is 2.